The molecule has 3 rings (SSSR count). The number of thiazole rings is 1. The van der Waals surface area contributed by atoms with E-state index in [-0.39, 0.29) is 17.7 Å². The third-order valence-electron chi connectivity index (χ3n) is 4.32. The molecule has 1 aromatic carbocycles. The van der Waals surface area contributed by atoms with Crippen molar-refractivity contribution in [3.05, 3.63) is 35.2 Å². The van der Waals surface area contributed by atoms with Gasteiger partial charge in [0.05, 0.1) is 5.69 Å². The third-order valence-corrected chi connectivity index (χ3v) is 5.97. The maximum atomic E-state index is 12.1. The van der Waals surface area contributed by atoms with Gasteiger partial charge < -0.3 is 10.2 Å². The summed E-state index contributed by atoms with van der Waals surface area (Å²) in [5.74, 6) is 1.09. The second kappa shape index (κ2) is 8.01. The van der Waals surface area contributed by atoms with Crippen molar-refractivity contribution in [2.24, 2.45) is 0 Å². The number of rotatable bonds is 6. The van der Waals surface area contributed by atoms with Gasteiger partial charge in [-0.2, -0.15) is 0 Å². The van der Waals surface area contributed by atoms with Gasteiger partial charge in [-0.1, -0.05) is 49.9 Å². The Hall–Kier alpha value is -1.86. The minimum atomic E-state index is -0.205. The minimum absolute atomic E-state index is 0.0311. The van der Waals surface area contributed by atoms with Gasteiger partial charge in [0.15, 0.2) is 5.13 Å². The largest absolute Gasteiger partial charge is 0.323 e. The number of anilines is 1. The first-order chi connectivity index (χ1) is 12.1. The highest BCUT2D eigenvalue weighted by Gasteiger charge is 2.23. The fourth-order valence-corrected chi connectivity index (χ4v) is 4.14. The highest BCUT2D eigenvalue weighted by atomic mass is 32.2. The van der Waals surface area contributed by atoms with Crippen LogP contribution in [0.1, 0.15) is 31.7 Å². The second-order valence-electron chi connectivity index (χ2n) is 6.05. The monoisotopic (exact) mass is 375 g/mol. The zero-order valence-corrected chi connectivity index (χ0v) is 16.0. The molecule has 1 aromatic heterocycles. The Morgan fingerprint density at radius 3 is 2.76 bits per heavy atom. The van der Waals surface area contributed by atoms with Crippen LogP contribution in [0.2, 0.25) is 0 Å². The Bertz CT molecular complexity index is 758. The molecule has 0 saturated carbocycles. The van der Waals surface area contributed by atoms with Crippen molar-refractivity contribution in [2.75, 3.05) is 24.2 Å². The van der Waals surface area contributed by atoms with E-state index in [9.17, 15) is 9.59 Å². The molecule has 1 aliphatic rings. The Morgan fingerprint density at radius 1 is 1.36 bits per heavy atom. The quantitative estimate of drug-likeness (QED) is 0.811. The van der Waals surface area contributed by atoms with E-state index >= 15 is 0 Å². The molecule has 2 amide bonds. The van der Waals surface area contributed by atoms with Crippen LogP contribution in [0.3, 0.4) is 0 Å². The highest BCUT2D eigenvalue weighted by Crippen LogP contribution is 2.27. The summed E-state index contributed by atoms with van der Waals surface area (Å²) in [4.78, 5) is 29.7. The van der Waals surface area contributed by atoms with Gasteiger partial charge in [-0.15, -0.1) is 11.3 Å². The number of nitrogens with zero attached hydrogens (tertiary/aromatic N) is 2. The number of benzene rings is 1. The van der Waals surface area contributed by atoms with Gasteiger partial charge >= 0.3 is 0 Å². The van der Waals surface area contributed by atoms with Crippen LogP contribution >= 0.6 is 23.1 Å². The van der Waals surface area contributed by atoms with E-state index in [0.717, 1.165) is 23.4 Å². The number of aromatic nitrogens is 1. The number of thioether (sulfide) groups is 1. The summed E-state index contributed by atoms with van der Waals surface area (Å²) in [6, 6.07) is 8.42. The topological polar surface area (TPSA) is 62.3 Å². The molecule has 0 unspecified atom stereocenters. The maximum absolute atomic E-state index is 12.1. The molecule has 1 saturated heterocycles. The first-order valence-corrected chi connectivity index (χ1v) is 10.2. The lowest BCUT2D eigenvalue weighted by molar-refractivity contribution is -0.116. The molecule has 0 bridgehead atoms. The summed E-state index contributed by atoms with van der Waals surface area (Å²) < 4.78 is 0. The van der Waals surface area contributed by atoms with Crippen LogP contribution in [0.25, 0.3) is 11.3 Å². The predicted octanol–water partition coefficient (Wildman–Crippen LogP) is 4.43. The second-order valence-corrected chi connectivity index (χ2v) is 7.96. The van der Waals surface area contributed by atoms with Crippen LogP contribution in [0.15, 0.2) is 29.6 Å². The first kappa shape index (κ1) is 17.9. The SMILES string of the molecule is CC[C@H](C)c1ccc(-c2csc(NC(=O)CN3CCSC3=O)n2)cc1. The lowest BCUT2D eigenvalue weighted by Gasteiger charge is -2.12. The Balaban J connectivity index is 1.62. The number of hydrogen-bond donors (Lipinski definition) is 1. The number of carbonyl (C=O) groups is 2. The fraction of sp³-hybridized carbons (Fsp3) is 0.389. The standard InChI is InChI=1S/C18H21N3O2S2/c1-3-12(2)13-4-6-14(7-5-13)15-11-25-17(19-15)20-16(22)10-21-8-9-24-18(21)23/h4-7,11-12H,3,8-10H2,1-2H3,(H,19,20,22)/t12-/m0/s1. The molecular formula is C18H21N3O2S2. The highest BCUT2D eigenvalue weighted by molar-refractivity contribution is 8.13. The normalized spacial score (nSPS) is 15.4. The van der Waals surface area contributed by atoms with E-state index in [0.29, 0.717) is 17.6 Å². The summed E-state index contributed by atoms with van der Waals surface area (Å²) in [7, 11) is 0. The average molecular weight is 376 g/mol. The van der Waals surface area contributed by atoms with Crippen molar-refractivity contribution in [3.63, 3.8) is 0 Å². The first-order valence-electron chi connectivity index (χ1n) is 8.34. The molecule has 0 radical (unpaired) electrons. The molecule has 132 valence electrons. The van der Waals surface area contributed by atoms with E-state index in [4.69, 9.17) is 0 Å². The summed E-state index contributed by atoms with van der Waals surface area (Å²) in [6.07, 6.45) is 1.12. The zero-order chi connectivity index (χ0) is 17.8. The van der Waals surface area contributed by atoms with Gasteiger partial charge in [-0.3, -0.25) is 9.59 Å². The summed E-state index contributed by atoms with van der Waals surface area (Å²) in [5.41, 5.74) is 3.21. The Kier molecular flexibility index (Phi) is 5.75. The lowest BCUT2D eigenvalue weighted by atomic mass is 9.97. The van der Waals surface area contributed by atoms with Gasteiger partial charge in [0, 0.05) is 23.2 Å². The molecule has 2 aromatic rings. The van der Waals surface area contributed by atoms with Gasteiger partial charge in [0.2, 0.25) is 5.91 Å². The van der Waals surface area contributed by atoms with E-state index in [1.807, 2.05) is 5.38 Å². The van der Waals surface area contributed by atoms with Crippen LogP contribution in [0, 0.1) is 0 Å². The number of amides is 2. The summed E-state index contributed by atoms with van der Waals surface area (Å²) in [5, 5.41) is 5.25. The Labute approximate surface area is 155 Å². The number of carbonyl (C=O) groups excluding carboxylic acids is 2. The van der Waals surface area contributed by atoms with Gasteiger partial charge in [-0.25, -0.2) is 4.98 Å². The third kappa shape index (κ3) is 4.41. The number of hydrogen-bond acceptors (Lipinski definition) is 5. The van der Waals surface area contributed by atoms with Crippen molar-refractivity contribution in [2.45, 2.75) is 26.2 Å². The van der Waals surface area contributed by atoms with Crippen molar-refractivity contribution in [1.82, 2.24) is 9.88 Å². The van der Waals surface area contributed by atoms with Crippen LogP contribution in [0.4, 0.5) is 9.93 Å². The molecule has 1 aliphatic heterocycles. The van der Waals surface area contributed by atoms with Crippen LogP contribution in [0.5, 0.6) is 0 Å². The maximum Gasteiger partial charge on any atom is 0.282 e. The molecule has 1 atom stereocenters. The molecule has 0 aliphatic carbocycles. The van der Waals surface area contributed by atoms with Crippen molar-refractivity contribution in [3.8, 4) is 11.3 Å². The van der Waals surface area contributed by atoms with Crippen LogP contribution in [-0.4, -0.2) is 39.9 Å². The van der Waals surface area contributed by atoms with Crippen molar-refractivity contribution in [1.29, 1.82) is 0 Å². The predicted molar refractivity (Wildman–Crippen MR) is 104 cm³/mol. The molecular weight excluding hydrogens is 354 g/mol. The molecule has 1 fully saturated rings. The van der Waals surface area contributed by atoms with Gasteiger partial charge in [0.1, 0.15) is 6.54 Å². The minimum Gasteiger partial charge on any atom is -0.323 e. The molecule has 25 heavy (non-hydrogen) atoms. The molecule has 5 nitrogen and oxygen atoms in total. The molecule has 2 heterocycles. The Morgan fingerprint density at radius 2 is 2.12 bits per heavy atom. The molecule has 0 spiro atoms. The van der Waals surface area contributed by atoms with Crippen molar-refractivity contribution < 1.29 is 9.59 Å². The van der Waals surface area contributed by atoms with E-state index in [1.54, 1.807) is 4.90 Å². The van der Waals surface area contributed by atoms with Crippen LogP contribution < -0.4 is 5.32 Å². The molecule has 7 heteroatoms. The van der Waals surface area contributed by atoms with Gasteiger partial charge in [0.25, 0.3) is 5.24 Å². The summed E-state index contributed by atoms with van der Waals surface area (Å²) in [6.45, 7) is 5.12. The molecule has 1 N–H and O–H groups in total. The summed E-state index contributed by atoms with van der Waals surface area (Å²) >= 11 is 2.65. The zero-order valence-electron chi connectivity index (χ0n) is 14.3. The van der Waals surface area contributed by atoms with Gasteiger partial charge in [-0.05, 0) is 17.9 Å². The van der Waals surface area contributed by atoms with E-state index < -0.39 is 0 Å². The van der Waals surface area contributed by atoms with Crippen LogP contribution in [-0.2, 0) is 4.79 Å². The van der Waals surface area contributed by atoms with Crippen molar-refractivity contribution >= 4 is 39.4 Å². The smallest absolute Gasteiger partial charge is 0.282 e. The van der Waals surface area contributed by atoms with E-state index in [2.05, 4.69) is 48.4 Å². The average Bonchev–Trinajstić information content (AvgIpc) is 3.24. The van der Waals surface area contributed by atoms with E-state index in [1.165, 1.54) is 28.7 Å². The fourth-order valence-electron chi connectivity index (χ4n) is 2.58. The lowest BCUT2D eigenvalue weighted by Crippen LogP contribution is -2.33. The number of nitrogens with one attached hydrogen (secondary N) is 1.